The second-order valence-electron chi connectivity index (χ2n) is 5.63. The second-order valence-corrected chi connectivity index (χ2v) is 5.63. The molecule has 0 unspecified atom stereocenters. The number of hydrogen-bond acceptors (Lipinski definition) is 4. The van der Waals surface area contributed by atoms with Crippen LogP contribution in [0.1, 0.15) is 61.1 Å². The molecule has 1 fully saturated rings. The summed E-state index contributed by atoms with van der Waals surface area (Å²) >= 11 is 0. The van der Waals surface area contributed by atoms with Gasteiger partial charge in [0.1, 0.15) is 17.1 Å². The van der Waals surface area contributed by atoms with Gasteiger partial charge in [-0.2, -0.15) is 0 Å². The minimum Gasteiger partial charge on any atom is -0.492 e. The zero-order valence-electron chi connectivity index (χ0n) is 12.9. The standard InChI is InChI=1S/C17H21N3O2/c1-2-22-16-11-7-6-10-15(16)20-17(14(12-21)18-19-20)13-8-4-3-5-9-13/h6-7,10-13H,2-5,8-9H2,1H3. The first kappa shape index (κ1) is 14.8. The van der Waals surface area contributed by atoms with E-state index in [9.17, 15) is 4.79 Å². The van der Waals surface area contributed by atoms with E-state index < -0.39 is 0 Å². The largest absolute Gasteiger partial charge is 0.492 e. The molecule has 116 valence electrons. The first-order valence-electron chi connectivity index (χ1n) is 7.98. The van der Waals surface area contributed by atoms with E-state index >= 15 is 0 Å². The molecule has 1 heterocycles. The molecule has 1 aromatic carbocycles. The van der Waals surface area contributed by atoms with Crippen molar-refractivity contribution in [2.75, 3.05) is 6.61 Å². The summed E-state index contributed by atoms with van der Waals surface area (Å²) in [6.07, 6.45) is 6.65. The Balaban J connectivity index is 2.07. The molecule has 1 aliphatic carbocycles. The molecule has 1 aliphatic rings. The van der Waals surface area contributed by atoms with E-state index in [1.807, 2.05) is 31.2 Å². The first-order chi connectivity index (χ1) is 10.8. The number of carbonyl (C=O) groups excluding carboxylic acids is 1. The Bertz CT molecular complexity index is 645. The van der Waals surface area contributed by atoms with Crippen LogP contribution in [0.5, 0.6) is 5.75 Å². The molecule has 3 rings (SSSR count). The smallest absolute Gasteiger partial charge is 0.172 e. The molecule has 0 aliphatic heterocycles. The van der Waals surface area contributed by atoms with E-state index in [-0.39, 0.29) is 0 Å². The average Bonchev–Trinajstić information content (AvgIpc) is 3.00. The summed E-state index contributed by atoms with van der Waals surface area (Å²) in [6.45, 7) is 2.54. The van der Waals surface area contributed by atoms with Gasteiger partial charge in [-0.15, -0.1) is 5.10 Å². The quantitative estimate of drug-likeness (QED) is 0.793. The van der Waals surface area contributed by atoms with Crippen LogP contribution in [0.3, 0.4) is 0 Å². The van der Waals surface area contributed by atoms with E-state index in [1.165, 1.54) is 19.3 Å². The van der Waals surface area contributed by atoms with Crippen molar-refractivity contribution in [3.05, 3.63) is 35.7 Å². The van der Waals surface area contributed by atoms with E-state index in [0.717, 1.165) is 36.3 Å². The van der Waals surface area contributed by atoms with Gasteiger partial charge in [0.15, 0.2) is 6.29 Å². The third kappa shape index (κ3) is 2.75. The van der Waals surface area contributed by atoms with E-state index in [4.69, 9.17) is 4.74 Å². The van der Waals surface area contributed by atoms with Crippen molar-refractivity contribution in [1.82, 2.24) is 15.0 Å². The number of aromatic nitrogens is 3. The third-order valence-corrected chi connectivity index (χ3v) is 4.23. The maximum Gasteiger partial charge on any atom is 0.172 e. The lowest BCUT2D eigenvalue weighted by Gasteiger charge is -2.23. The minimum atomic E-state index is 0.346. The van der Waals surface area contributed by atoms with Gasteiger partial charge in [-0.1, -0.05) is 36.6 Å². The topological polar surface area (TPSA) is 57.0 Å². The van der Waals surface area contributed by atoms with Gasteiger partial charge < -0.3 is 4.74 Å². The zero-order valence-corrected chi connectivity index (χ0v) is 12.9. The first-order valence-corrected chi connectivity index (χ1v) is 7.98. The molecule has 0 bridgehead atoms. The van der Waals surface area contributed by atoms with Crippen LogP contribution in [-0.2, 0) is 0 Å². The fourth-order valence-electron chi connectivity index (χ4n) is 3.23. The van der Waals surface area contributed by atoms with Gasteiger partial charge in [-0.25, -0.2) is 4.68 Å². The van der Waals surface area contributed by atoms with Gasteiger partial charge in [-0.3, -0.25) is 4.79 Å². The molecule has 22 heavy (non-hydrogen) atoms. The number of ether oxygens (including phenoxy) is 1. The molecule has 0 N–H and O–H groups in total. The van der Waals surface area contributed by atoms with E-state index in [1.54, 1.807) is 4.68 Å². The number of benzene rings is 1. The van der Waals surface area contributed by atoms with Crippen molar-refractivity contribution < 1.29 is 9.53 Å². The van der Waals surface area contributed by atoms with Crippen LogP contribution < -0.4 is 4.74 Å². The number of para-hydroxylation sites is 2. The highest BCUT2D eigenvalue weighted by Gasteiger charge is 2.26. The molecule has 5 nitrogen and oxygen atoms in total. The van der Waals surface area contributed by atoms with E-state index in [0.29, 0.717) is 18.2 Å². The predicted octanol–water partition coefficient (Wildman–Crippen LogP) is 3.53. The van der Waals surface area contributed by atoms with Gasteiger partial charge in [-0.05, 0) is 31.9 Å². The fraction of sp³-hybridized carbons (Fsp3) is 0.471. The summed E-state index contributed by atoms with van der Waals surface area (Å²) in [7, 11) is 0. The van der Waals surface area contributed by atoms with Crippen LogP contribution in [0.4, 0.5) is 0 Å². The summed E-state index contributed by atoms with van der Waals surface area (Å²) in [5, 5.41) is 8.31. The molecule has 0 saturated heterocycles. The van der Waals surface area contributed by atoms with Crippen molar-refractivity contribution in [1.29, 1.82) is 0 Å². The molecular formula is C17H21N3O2. The van der Waals surface area contributed by atoms with Gasteiger partial charge in [0, 0.05) is 5.92 Å². The van der Waals surface area contributed by atoms with Crippen LogP contribution >= 0.6 is 0 Å². The number of aldehydes is 1. The van der Waals surface area contributed by atoms with Crippen molar-refractivity contribution in [3.8, 4) is 11.4 Å². The maximum absolute atomic E-state index is 11.4. The van der Waals surface area contributed by atoms with Crippen LogP contribution in [0, 0.1) is 0 Å². The number of hydrogen-bond donors (Lipinski definition) is 0. The Morgan fingerprint density at radius 2 is 2.05 bits per heavy atom. The normalized spacial score (nSPS) is 15.7. The maximum atomic E-state index is 11.4. The lowest BCUT2D eigenvalue weighted by atomic mass is 9.86. The van der Waals surface area contributed by atoms with Crippen molar-refractivity contribution in [2.24, 2.45) is 0 Å². The molecule has 0 amide bonds. The highest BCUT2D eigenvalue weighted by molar-refractivity contribution is 5.74. The number of carbonyl (C=O) groups is 1. The molecular weight excluding hydrogens is 278 g/mol. The second kappa shape index (κ2) is 6.73. The summed E-state index contributed by atoms with van der Waals surface area (Å²) in [4.78, 5) is 11.4. The fourth-order valence-corrected chi connectivity index (χ4v) is 3.23. The van der Waals surface area contributed by atoms with Crippen LogP contribution in [0.15, 0.2) is 24.3 Å². The highest BCUT2D eigenvalue weighted by Crippen LogP contribution is 2.35. The Labute approximate surface area is 130 Å². The molecule has 1 aromatic heterocycles. The van der Waals surface area contributed by atoms with Crippen molar-refractivity contribution in [2.45, 2.75) is 44.9 Å². The van der Waals surface area contributed by atoms with Crippen molar-refractivity contribution >= 4 is 6.29 Å². The monoisotopic (exact) mass is 299 g/mol. The zero-order chi connectivity index (χ0) is 15.4. The highest BCUT2D eigenvalue weighted by atomic mass is 16.5. The average molecular weight is 299 g/mol. The molecule has 1 saturated carbocycles. The Morgan fingerprint density at radius 3 is 2.77 bits per heavy atom. The molecule has 0 spiro atoms. The molecule has 2 aromatic rings. The lowest BCUT2D eigenvalue weighted by molar-refractivity contribution is 0.111. The lowest BCUT2D eigenvalue weighted by Crippen LogP contribution is -2.13. The third-order valence-electron chi connectivity index (χ3n) is 4.23. The minimum absolute atomic E-state index is 0.346. The molecule has 0 atom stereocenters. The van der Waals surface area contributed by atoms with Crippen LogP contribution in [0.25, 0.3) is 5.69 Å². The Hall–Kier alpha value is -2.17. The van der Waals surface area contributed by atoms with Crippen LogP contribution in [0.2, 0.25) is 0 Å². The van der Waals surface area contributed by atoms with Crippen LogP contribution in [-0.4, -0.2) is 27.9 Å². The summed E-state index contributed by atoms with van der Waals surface area (Å²) < 4.78 is 7.50. The van der Waals surface area contributed by atoms with Gasteiger partial charge >= 0.3 is 0 Å². The Kier molecular flexibility index (Phi) is 4.51. The Morgan fingerprint density at radius 1 is 1.27 bits per heavy atom. The summed E-state index contributed by atoms with van der Waals surface area (Å²) in [5.41, 5.74) is 2.24. The number of nitrogens with zero attached hydrogens (tertiary/aromatic N) is 3. The van der Waals surface area contributed by atoms with Gasteiger partial charge in [0.2, 0.25) is 0 Å². The van der Waals surface area contributed by atoms with Gasteiger partial charge in [0.25, 0.3) is 0 Å². The van der Waals surface area contributed by atoms with E-state index in [2.05, 4.69) is 10.3 Å². The van der Waals surface area contributed by atoms with Crippen molar-refractivity contribution in [3.63, 3.8) is 0 Å². The van der Waals surface area contributed by atoms with Gasteiger partial charge in [0.05, 0.1) is 12.3 Å². The summed E-state index contributed by atoms with van der Waals surface area (Å²) in [6, 6.07) is 7.77. The SMILES string of the molecule is CCOc1ccccc1-n1nnc(C=O)c1C1CCCCC1. The summed E-state index contributed by atoms with van der Waals surface area (Å²) in [5.74, 6) is 1.11. The molecule has 0 radical (unpaired) electrons. The predicted molar refractivity (Wildman–Crippen MR) is 83.7 cm³/mol. The number of rotatable bonds is 5. The molecule has 5 heteroatoms.